The number of nitrogens with zero attached hydrogens (tertiary/aromatic N) is 3. The zero-order valence-electron chi connectivity index (χ0n) is 13.8. The molecule has 0 bridgehead atoms. The topological polar surface area (TPSA) is 38.1 Å². The highest BCUT2D eigenvalue weighted by Gasteiger charge is 2.45. The molecule has 0 atom stereocenters. The van der Waals surface area contributed by atoms with E-state index in [2.05, 4.69) is 4.98 Å². The number of hydrogen-bond acceptors (Lipinski definition) is 2. The van der Waals surface area contributed by atoms with Crippen LogP contribution >= 0.6 is 0 Å². The molecular weight excluding hydrogens is 331 g/mol. The van der Waals surface area contributed by atoms with Crippen molar-refractivity contribution in [2.24, 2.45) is 5.41 Å². The molecular formula is C18H20F3N3O. The Kier molecular flexibility index (Phi) is 3.77. The smallest absolute Gasteiger partial charge is 0.344 e. The van der Waals surface area contributed by atoms with Crippen LogP contribution in [-0.2, 0) is 11.3 Å². The van der Waals surface area contributed by atoms with Crippen LogP contribution in [0.15, 0.2) is 24.4 Å². The van der Waals surface area contributed by atoms with E-state index in [1.165, 1.54) is 10.8 Å². The molecule has 7 heteroatoms. The van der Waals surface area contributed by atoms with Crippen molar-refractivity contribution in [3.8, 4) is 0 Å². The zero-order valence-corrected chi connectivity index (χ0v) is 13.8. The molecule has 4 rings (SSSR count). The Labute approximate surface area is 143 Å². The first-order valence-electron chi connectivity index (χ1n) is 8.59. The summed E-state index contributed by atoms with van der Waals surface area (Å²) >= 11 is 0. The van der Waals surface area contributed by atoms with Crippen LogP contribution < -0.4 is 0 Å². The van der Waals surface area contributed by atoms with Crippen LogP contribution in [0.2, 0.25) is 0 Å². The standard InChI is InChI=1S/C18H20F3N3O/c19-18(20,21)11-24-8-5-14-1-2-15(22-16(14)24)13-3-6-17(7-4-13)9-23(10-17)12-25/h1-2,5,8,12-13H,3-4,6-7,9-11H2. The molecule has 0 N–H and O–H groups in total. The predicted octanol–water partition coefficient (Wildman–Crippen LogP) is 3.71. The number of halogens is 3. The summed E-state index contributed by atoms with van der Waals surface area (Å²) in [5, 5.41) is 0.737. The van der Waals surface area contributed by atoms with Crippen LogP contribution in [0.4, 0.5) is 13.2 Å². The van der Waals surface area contributed by atoms with E-state index in [4.69, 9.17) is 0 Å². The lowest BCUT2D eigenvalue weighted by Crippen LogP contribution is -2.56. The number of pyridine rings is 1. The van der Waals surface area contributed by atoms with Gasteiger partial charge in [0.05, 0.1) is 0 Å². The normalized spacial score (nSPS) is 20.8. The third kappa shape index (κ3) is 3.12. The van der Waals surface area contributed by atoms with Crippen molar-refractivity contribution in [1.82, 2.24) is 14.5 Å². The van der Waals surface area contributed by atoms with Gasteiger partial charge in [0.1, 0.15) is 12.2 Å². The lowest BCUT2D eigenvalue weighted by molar-refractivity contribution is -0.140. The Morgan fingerprint density at radius 2 is 1.92 bits per heavy atom. The Bertz CT molecular complexity index is 782. The van der Waals surface area contributed by atoms with E-state index in [0.717, 1.165) is 56.3 Å². The minimum absolute atomic E-state index is 0.262. The molecule has 2 fully saturated rings. The van der Waals surface area contributed by atoms with E-state index in [-0.39, 0.29) is 11.3 Å². The van der Waals surface area contributed by atoms with E-state index < -0.39 is 12.7 Å². The highest BCUT2D eigenvalue weighted by molar-refractivity contribution is 5.76. The van der Waals surface area contributed by atoms with Gasteiger partial charge in [-0.05, 0) is 43.9 Å². The summed E-state index contributed by atoms with van der Waals surface area (Å²) in [4.78, 5) is 17.1. The summed E-state index contributed by atoms with van der Waals surface area (Å²) in [5.41, 5.74) is 1.56. The third-order valence-electron chi connectivity index (χ3n) is 5.67. The number of carbonyl (C=O) groups is 1. The maximum atomic E-state index is 12.7. The Hall–Kier alpha value is -2.05. The largest absolute Gasteiger partial charge is 0.406 e. The molecule has 0 unspecified atom stereocenters. The summed E-state index contributed by atoms with van der Waals surface area (Å²) in [5.74, 6) is 0.287. The summed E-state index contributed by atoms with van der Waals surface area (Å²) in [6.07, 6.45) is 2.15. The molecule has 1 amide bonds. The van der Waals surface area contributed by atoms with Crippen LogP contribution in [-0.4, -0.2) is 40.1 Å². The van der Waals surface area contributed by atoms with Gasteiger partial charge < -0.3 is 9.47 Å². The number of carbonyl (C=O) groups excluding carboxylic acids is 1. The first-order chi connectivity index (χ1) is 11.9. The number of rotatable bonds is 3. The Balaban J connectivity index is 1.50. The van der Waals surface area contributed by atoms with Crippen LogP contribution in [0.25, 0.3) is 11.0 Å². The number of amides is 1. The van der Waals surface area contributed by atoms with Gasteiger partial charge in [-0.1, -0.05) is 0 Å². The second-order valence-corrected chi connectivity index (χ2v) is 7.49. The van der Waals surface area contributed by atoms with Gasteiger partial charge in [-0.3, -0.25) is 4.79 Å². The monoisotopic (exact) mass is 351 g/mol. The van der Waals surface area contributed by atoms with Crippen LogP contribution in [0.3, 0.4) is 0 Å². The molecule has 1 aliphatic carbocycles. The van der Waals surface area contributed by atoms with Crippen molar-refractivity contribution in [1.29, 1.82) is 0 Å². The van der Waals surface area contributed by atoms with Crippen molar-refractivity contribution >= 4 is 17.4 Å². The number of alkyl halides is 3. The average Bonchev–Trinajstić information content (AvgIpc) is 2.93. The molecule has 1 spiro atoms. The maximum absolute atomic E-state index is 12.7. The number of fused-ring (bicyclic) bond motifs is 1. The van der Waals surface area contributed by atoms with E-state index in [1.807, 2.05) is 12.1 Å². The quantitative estimate of drug-likeness (QED) is 0.791. The maximum Gasteiger partial charge on any atom is 0.406 e. The molecule has 0 radical (unpaired) electrons. The van der Waals surface area contributed by atoms with Crippen LogP contribution in [0.1, 0.15) is 37.3 Å². The van der Waals surface area contributed by atoms with Crippen molar-refractivity contribution < 1.29 is 18.0 Å². The molecule has 2 aliphatic rings. The summed E-state index contributed by atoms with van der Waals surface area (Å²) < 4.78 is 39.3. The molecule has 1 saturated carbocycles. The summed E-state index contributed by atoms with van der Waals surface area (Å²) in [6.45, 7) is 0.663. The molecule has 0 aromatic carbocycles. The molecule has 1 saturated heterocycles. The fourth-order valence-corrected chi connectivity index (χ4v) is 4.35. The minimum atomic E-state index is -4.25. The Morgan fingerprint density at radius 1 is 1.20 bits per heavy atom. The highest BCUT2D eigenvalue weighted by atomic mass is 19.4. The van der Waals surface area contributed by atoms with E-state index >= 15 is 0 Å². The minimum Gasteiger partial charge on any atom is -0.344 e. The fraction of sp³-hybridized carbons (Fsp3) is 0.556. The molecule has 1 aliphatic heterocycles. The molecule has 2 aromatic rings. The molecule has 2 aromatic heterocycles. The zero-order chi connectivity index (χ0) is 17.7. The van der Waals surface area contributed by atoms with Gasteiger partial charge in [0, 0.05) is 41.7 Å². The Morgan fingerprint density at radius 3 is 2.56 bits per heavy atom. The second kappa shape index (κ2) is 5.75. The van der Waals surface area contributed by atoms with Gasteiger partial charge in [0.25, 0.3) is 0 Å². The lowest BCUT2D eigenvalue weighted by Gasteiger charge is -2.52. The van der Waals surface area contributed by atoms with Crippen molar-refractivity contribution in [3.63, 3.8) is 0 Å². The van der Waals surface area contributed by atoms with Crippen molar-refractivity contribution in [2.75, 3.05) is 13.1 Å². The van der Waals surface area contributed by atoms with Crippen LogP contribution in [0, 0.1) is 5.41 Å². The van der Waals surface area contributed by atoms with E-state index in [1.54, 1.807) is 11.0 Å². The number of likely N-dealkylation sites (tertiary alicyclic amines) is 1. The molecule has 25 heavy (non-hydrogen) atoms. The molecule has 134 valence electrons. The predicted molar refractivity (Wildman–Crippen MR) is 87.1 cm³/mol. The second-order valence-electron chi connectivity index (χ2n) is 7.49. The number of aromatic nitrogens is 2. The number of hydrogen-bond donors (Lipinski definition) is 0. The van der Waals surface area contributed by atoms with Crippen LogP contribution in [0.5, 0.6) is 0 Å². The third-order valence-corrected chi connectivity index (χ3v) is 5.67. The summed E-state index contributed by atoms with van der Waals surface area (Å²) in [6, 6.07) is 5.49. The highest BCUT2D eigenvalue weighted by Crippen LogP contribution is 2.47. The van der Waals surface area contributed by atoms with Crippen molar-refractivity contribution in [3.05, 3.63) is 30.1 Å². The lowest BCUT2D eigenvalue weighted by atomic mass is 9.65. The van der Waals surface area contributed by atoms with Gasteiger partial charge in [-0.2, -0.15) is 13.2 Å². The summed E-state index contributed by atoms with van der Waals surface area (Å²) in [7, 11) is 0. The van der Waals surface area contributed by atoms with Gasteiger partial charge in [-0.15, -0.1) is 0 Å². The first-order valence-corrected chi connectivity index (χ1v) is 8.59. The fourth-order valence-electron chi connectivity index (χ4n) is 4.35. The molecule has 4 nitrogen and oxygen atoms in total. The van der Waals surface area contributed by atoms with Gasteiger partial charge in [-0.25, -0.2) is 4.98 Å². The van der Waals surface area contributed by atoms with Gasteiger partial charge >= 0.3 is 6.18 Å². The first kappa shape index (κ1) is 16.4. The molecule has 3 heterocycles. The average molecular weight is 351 g/mol. The van der Waals surface area contributed by atoms with Gasteiger partial charge in [0.15, 0.2) is 0 Å². The SMILES string of the molecule is O=CN1CC2(CCC(c3ccc4ccn(CC(F)(F)F)c4n3)CC2)C1. The van der Waals surface area contributed by atoms with Crippen molar-refractivity contribution in [2.45, 2.75) is 44.3 Å². The van der Waals surface area contributed by atoms with E-state index in [9.17, 15) is 18.0 Å². The van der Waals surface area contributed by atoms with Gasteiger partial charge in [0.2, 0.25) is 6.41 Å². The van der Waals surface area contributed by atoms with E-state index in [0.29, 0.717) is 5.65 Å².